The highest BCUT2D eigenvalue weighted by molar-refractivity contribution is 5.88. The van der Waals surface area contributed by atoms with E-state index < -0.39 is 24.1 Å². The van der Waals surface area contributed by atoms with E-state index in [-0.39, 0.29) is 5.91 Å². The number of hydrogen-bond acceptors (Lipinski definition) is 3. The van der Waals surface area contributed by atoms with Crippen molar-refractivity contribution in [2.75, 3.05) is 6.54 Å². The minimum atomic E-state index is -1.14. The van der Waals surface area contributed by atoms with Crippen LogP contribution in [0, 0.1) is 0 Å². The second kappa shape index (κ2) is 6.65. The fraction of sp³-hybridized carbons (Fsp3) is 0.667. The first kappa shape index (κ1) is 14.2. The maximum absolute atomic E-state index is 11.2. The zero-order valence-electron chi connectivity index (χ0n) is 9.53. The van der Waals surface area contributed by atoms with Gasteiger partial charge >= 0.3 is 12.0 Å². The Bertz CT molecular complexity index is 280. The van der Waals surface area contributed by atoms with Crippen molar-refractivity contribution in [3.05, 3.63) is 0 Å². The number of hydrogen-bond donors (Lipinski definition) is 4. The molecule has 0 aromatic heterocycles. The van der Waals surface area contributed by atoms with Crippen LogP contribution in [0.25, 0.3) is 0 Å². The minimum Gasteiger partial charge on any atom is -0.480 e. The summed E-state index contributed by atoms with van der Waals surface area (Å²) >= 11 is 0. The highest BCUT2D eigenvalue weighted by Crippen LogP contribution is 1.85. The zero-order chi connectivity index (χ0) is 12.7. The Morgan fingerprint density at radius 3 is 2.06 bits per heavy atom. The molecular formula is C9H17N3O4. The summed E-state index contributed by atoms with van der Waals surface area (Å²) in [6.07, 6.45) is 0. The van der Waals surface area contributed by atoms with Crippen molar-refractivity contribution in [2.45, 2.75) is 32.9 Å². The number of carbonyl (C=O) groups is 3. The van der Waals surface area contributed by atoms with Crippen LogP contribution < -0.4 is 16.0 Å². The number of carboxylic acids is 1. The van der Waals surface area contributed by atoms with Crippen LogP contribution in [0.3, 0.4) is 0 Å². The summed E-state index contributed by atoms with van der Waals surface area (Å²) in [6.45, 7) is 5.07. The molecule has 16 heavy (non-hydrogen) atoms. The molecule has 0 aliphatic rings. The molecule has 7 heteroatoms. The van der Waals surface area contributed by atoms with Gasteiger partial charge in [-0.1, -0.05) is 0 Å². The third-order valence-electron chi connectivity index (χ3n) is 1.81. The van der Waals surface area contributed by atoms with E-state index >= 15 is 0 Å². The molecule has 0 rings (SSSR count). The van der Waals surface area contributed by atoms with E-state index in [4.69, 9.17) is 5.11 Å². The smallest absolute Gasteiger partial charge is 0.325 e. The van der Waals surface area contributed by atoms with Crippen LogP contribution in [0.15, 0.2) is 0 Å². The highest BCUT2D eigenvalue weighted by atomic mass is 16.4. The Balaban J connectivity index is 4.05. The molecule has 92 valence electrons. The van der Waals surface area contributed by atoms with Crippen LogP contribution in [-0.2, 0) is 9.59 Å². The fourth-order valence-corrected chi connectivity index (χ4v) is 0.890. The summed E-state index contributed by atoms with van der Waals surface area (Å²) in [4.78, 5) is 32.9. The predicted octanol–water partition coefficient (Wildman–Crippen LogP) is -0.717. The first-order chi connectivity index (χ1) is 7.38. The minimum absolute atomic E-state index is 0.319. The monoisotopic (exact) mass is 231 g/mol. The van der Waals surface area contributed by atoms with Crippen molar-refractivity contribution < 1.29 is 19.5 Å². The zero-order valence-corrected chi connectivity index (χ0v) is 9.53. The number of urea groups is 1. The Labute approximate surface area is 93.6 Å². The third kappa shape index (κ3) is 5.18. The average molecular weight is 231 g/mol. The lowest BCUT2D eigenvalue weighted by atomic mass is 10.3. The molecule has 2 unspecified atom stereocenters. The van der Waals surface area contributed by atoms with Crippen molar-refractivity contribution in [1.82, 2.24) is 16.0 Å². The van der Waals surface area contributed by atoms with Gasteiger partial charge in [-0.25, -0.2) is 4.79 Å². The van der Waals surface area contributed by atoms with Crippen LogP contribution in [0.1, 0.15) is 20.8 Å². The van der Waals surface area contributed by atoms with E-state index in [1.807, 2.05) is 0 Å². The summed E-state index contributed by atoms with van der Waals surface area (Å²) < 4.78 is 0. The largest absolute Gasteiger partial charge is 0.480 e. The molecule has 2 atom stereocenters. The number of likely N-dealkylation sites (N-methyl/N-ethyl adjacent to an activating group) is 1. The van der Waals surface area contributed by atoms with Gasteiger partial charge in [-0.05, 0) is 20.8 Å². The molecule has 0 fully saturated rings. The molecule has 0 radical (unpaired) electrons. The van der Waals surface area contributed by atoms with Crippen LogP contribution in [0.5, 0.6) is 0 Å². The lowest BCUT2D eigenvalue weighted by molar-refractivity contribution is -0.138. The lowest BCUT2D eigenvalue weighted by Gasteiger charge is -2.15. The molecule has 0 aromatic carbocycles. The van der Waals surface area contributed by atoms with Crippen molar-refractivity contribution in [2.24, 2.45) is 0 Å². The first-order valence-electron chi connectivity index (χ1n) is 4.96. The van der Waals surface area contributed by atoms with Crippen molar-refractivity contribution in [3.8, 4) is 0 Å². The number of aliphatic carboxylic acids is 1. The number of carbonyl (C=O) groups excluding carboxylic acids is 2. The second-order valence-corrected chi connectivity index (χ2v) is 3.29. The summed E-state index contributed by atoms with van der Waals surface area (Å²) in [5.41, 5.74) is 0. The number of carboxylic acid groups (broad SMARTS) is 1. The molecule has 0 aliphatic heterocycles. The van der Waals surface area contributed by atoms with Gasteiger partial charge in [0.2, 0.25) is 5.91 Å². The molecule has 4 N–H and O–H groups in total. The molecule has 3 amide bonds. The average Bonchev–Trinajstić information content (AvgIpc) is 2.17. The number of rotatable bonds is 5. The summed E-state index contributed by atoms with van der Waals surface area (Å²) in [7, 11) is 0. The van der Waals surface area contributed by atoms with Crippen LogP contribution >= 0.6 is 0 Å². The molecule has 0 heterocycles. The van der Waals surface area contributed by atoms with E-state index in [0.717, 1.165) is 0 Å². The number of nitrogens with one attached hydrogen (secondary N) is 3. The molecule has 0 aromatic rings. The maximum Gasteiger partial charge on any atom is 0.325 e. The van der Waals surface area contributed by atoms with Crippen LogP contribution in [0.2, 0.25) is 0 Å². The molecule has 0 saturated carbocycles. The fourth-order valence-electron chi connectivity index (χ4n) is 0.890. The van der Waals surface area contributed by atoms with E-state index in [1.165, 1.54) is 13.8 Å². The molecule has 0 aliphatic carbocycles. The second-order valence-electron chi connectivity index (χ2n) is 3.29. The molecular weight excluding hydrogens is 214 g/mol. The summed E-state index contributed by atoms with van der Waals surface area (Å²) in [5.74, 6) is -1.46. The normalized spacial score (nSPS) is 13.4. The SMILES string of the molecule is CCNC(=O)C(C)NC(=O)NC(C)C(=O)O. The molecule has 0 spiro atoms. The molecule has 0 bridgehead atoms. The van der Waals surface area contributed by atoms with E-state index in [2.05, 4.69) is 16.0 Å². The van der Waals surface area contributed by atoms with Gasteiger partial charge in [-0.15, -0.1) is 0 Å². The van der Waals surface area contributed by atoms with Crippen molar-refractivity contribution in [1.29, 1.82) is 0 Å². The van der Waals surface area contributed by atoms with Gasteiger partial charge in [0.15, 0.2) is 0 Å². The van der Waals surface area contributed by atoms with Gasteiger partial charge in [0.1, 0.15) is 12.1 Å². The highest BCUT2D eigenvalue weighted by Gasteiger charge is 2.18. The van der Waals surface area contributed by atoms with Gasteiger partial charge in [-0.2, -0.15) is 0 Å². The Kier molecular flexibility index (Phi) is 5.91. The third-order valence-corrected chi connectivity index (χ3v) is 1.81. The standard InChI is InChI=1S/C9H17N3O4/c1-4-10-7(13)5(2)11-9(16)12-6(3)8(14)15/h5-6H,4H2,1-3H3,(H,10,13)(H,14,15)(H2,11,12,16). The van der Waals surface area contributed by atoms with Gasteiger partial charge in [-0.3, -0.25) is 9.59 Å². The quantitative estimate of drug-likeness (QED) is 0.501. The Morgan fingerprint density at radius 1 is 1.12 bits per heavy atom. The lowest BCUT2D eigenvalue weighted by Crippen LogP contribution is -2.51. The van der Waals surface area contributed by atoms with E-state index in [0.29, 0.717) is 6.54 Å². The van der Waals surface area contributed by atoms with Gasteiger partial charge < -0.3 is 21.1 Å². The topological polar surface area (TPSA) is 108 Å². The van der Waals surface area contributed by atoms with E-state index in [9.17, 15) is 14.4 Å². The summed E-state index contributed by atoms with van der Waals surface area (Å²) in [6, 6.07) is -2.39. The first-order valence-corrected chi connectivity index (χ1v) is 4.96. The predicted molar refractivity (Wildman–Crippen MR) is 56.9 cm³/mol. The van der Waals surface area contributed by atoms with E-state index in [1.54, 1.807) is 6.92 Å². The van der Waals surface area contributed by atoms with Gasteiger partial charge in [0.25, 0.3) is 0 Å². The maximum atomic E-state index is 11.2. The van der Waals surface area contributed by atoms with Crippen LogP contribution in [0.4, 0.5) is 4.79 Å². The summed E-state index contributed by atoms with van der Waals surface area (Å²) in [5, 5.41) is 15.6. The van der Waals surface area contributed by atoms with Gasteiger partial charge in [0, 0.05) is 6.54 Å². The molecule has 0 saturated heterocycles. The van der Waals surface area contributed by atoms with Gasteiger partial charge in [0.05, 0.1) is 0 Å². The molecule has 7 nitrogen and oxygen atoms in total. The van der Waals surface area contributed by atoms with Crippen molar-refractivity contribution >= 4 is 17.9 Å². The number of amides is 3. The van der Waals surface area contributed by atoms with Crippen LogP contribution in [-0.4, -0.2) is 41.6 Å². The Morgan fingerprint density at radius 2 is 1.62 bits per heavy atom. The Hall–Kier alpha value is -1.79. The van der Waals surface area contributed by atoms with Crippen molar-refractivity contribution in [3.63, 3.8) is 0 Å².